The number of hydrogen-bond donors (Lipinski definition) is 1. The van der Waals surface area contributed by atoms with Gasteiger partial charge in [0, 0.05) is 25.6 Å². The summed E-state index contributed by atoms with van der Waals surface area (Å²) in [5.74, 6) is 0.159. The summed E-state index contributed by atoms with van der Waals surface area (Å²) in [6, 6.07) is 14.3. The number of benzene rings is 2. The summed E-state index contributed by atoms with van der Waals surface area (Å²) in [5, 5.41) is 11.8. The van der Waals surface area contributed by atoms with E-state index in [0.29, 0.717) is 22.7 Å². The van der Waals surface area contributed by atoms with Crippen molar-refractivity contribution in [3.63, 3.8) is 0 Å². The van der Waals surface area contributed by atoms with Crippen molar-refractivity contribution in [2.45, 2.75) is 20.3 Å². The number of methoxy groups -OCH3 is 1. The third-order valence-electron chi connectivity index (χ3n) is 3.86. The molecule has 0 atom stereocenters. The number of anilines is 2. The van der Waals surface area contributed by atoms with E-state index in [9.17, 15) is 9.59 Å². The lowest BCUT2D eigenvalue weighted by Gasteiger charge is -2.21. The molecule has 0 saturated carbocycles. The van der Waals surface area contributed by atoms with Gasteiger partial charge in [0.1, 0.15) is 5.75 Å². The second kappa shape index (κ2) is 8.67. The molecule has 0 spiro atoms. The predicted octanol–water partition coefficient (Wildman–Crippen LogP) is 3.26. The fraction of sp³-hybridized carbons (Fsp3) is 0.250. The van der Waals surface area contributed by atoms with Crippen molar-refractivity contribution in [3.05, 3.63) is 53.6 Å². The summed E-state index contributed by atoms with van der Waals surface area (Å²) in [4.78, 5) is 25.7. The molecular formula is C20H21N3O3. The van der Waals surface area contributed by atoms with Crippen molar-refractivity contribution >= 4 is 23.2 Å². The van der Waals surface area contributed by atoms with Crippen LogP contribution >= 0.6 is 0 Å². The molecule has 0 aliphatic heterocycles. The van der Waals surface area contributed by atoms with E-state index in [1.807, 2.05) is 25.1 Å². The van der Waals surface area contributed by atoms with Crippen LogP contribution in [-0.2, 0) is 9.59 Å². The topological polar surface area (TPSA) is 82.4 Å². The van der Waals surface area contributed by atoms with E-state index in [1.165, 1.54) is 11.8 Å². The first-order valence-electron chi connectivity index (χ1n) is 8.17. The fourth-order valence-corrected chi connectivity index (χ4v) is 2.56. The van der Waals surface area contributed by atoms with E-state index >= 15 is 0 Å². The molecule has 0 heterocycles. The second-order valence-electron chi connectivity index (χ2n) is 5.83. The van der Waals surface area contributed by atoms with Crippen LogP contribution in [0.15, 0.2) is 42.5 Å². The summed E-state index contributed by atoms with van der Waals surface area (Å²) in [7, 11) is 1.54. The van der Waals surface area contributed by atoms with Gasteiger partial charge in [-0.1, -0.05) is 12.1 Å². The molecule has 0 aromatic heterocycles. The maximum Gasteiger partial charge on any atom is 0.226 e. The van der Waals surface area contributed by atoms with Gasteiger partial charge in [-0.25, -0.2) is 0 Å². The van der Waals surface area contributed by atoms with Gasteiger partial charge < -0.3 is 15.0 Å². The number of carbonyl (C=O) groups excluding carboxylic acids is 2. The maximum atomic E-state index is 12.3. The van der Waals surface area contributed by atoms with Crippen LogP contribution in [0.1, 0.15) is 24.5 Å². The highest BCUT2D eigenvalue weighted by molar-refractivity contribution is 5.95. The van der Waals surface area contributed by atoms with E-state index in [4.69, 9.17) is 10.00 Å². The van der Waals surface area contributed by atoms with Gasteiger partial charge in [0.15, 0.2) is 0 Å². The zero-order valence-corrected chi connectivity index (χ0v) is 15.1. The monoisotopic (exact) mass is 351 g/mol. The number of ether oxygens (including phenoxy) is 1. The van der Waals surface area contributed by atoms with Crippen molar-refractivity contribution in [1.29, 1.82) is 5.26 Å². The van der Waals surface area contributed by atoms with E-state index in [0.717, 1.165) is 5.56 Å². The molecule has 0 aliphatic rings. The lowest BCUT2D eigenvalue weighted by atomic mass is 10.2. The summed E-state index contributed by atoms with van der Waals surface area (Å²) < 4.78 is 5.25. The van der Waals surface area contributed by atoms with E-state index in [-0.39, 0.29) is 24.8 Å². The molecule has 26 heavy (non-hydrogen) atoms. The SMILES string of the molecule is COc1ccc(C)cc1NC(=O)CCN(C(C)=O)c1cccc(C#N)c1. The Morgan fingerprint density at radius 3 is 2.65 bits per heavy atom. The Bertz CT molecular complexity index is 856. The molecule has 0 radical (unpaired) electrons. The van der Waals surface area contributed by atoms with E-state index in [2.05, 4.69) is 5.32 Å². The zero-order valence-electron chi connectivity index (χ0n) is 15.1. The average Bonchev–Trinajstić information content (AvgIpc) is 2.62. The first kappa shape index (κ1) is 19.0. The fourth-order valence-electron chi connectivity index (χ4n) is 2.56. The minimum Gasteiger partial charge on any atom is -0.495 e. The predicted molar refractivity (Wildman–Crippen MR) is 100 cm³/mol. The van der Waals surface area contributed by atoms with Gasteiger partial charge in [-0.2, -0.15) is 5.26 Å². The summed E-state index contributed by atoms with van der Waals surface area (Å²) >= 11 is 0. The van der Waals surface area contributed by atoms with Crippen molar-refractivity contribution in [1.82, 2.24) is 0 Å². The maximum absolute atomic E-state index is 12.3. The van der Waals surface area contributed by atoms with Gasteiger partial charge in [0.25, 0.3) is 0 Å². The zero-order chi connectivity index (χ0) is 19.1. The first-order chi connectivity index (χ1) is 12.4. The van der Waals surface area contributed by atoms with Crippen LogP contribution in [0.25, 0.3) is 0 Å². The van der Waals surface area contributed by atoms with Gasteiger partial charge in [-0.15, -0.1) is 0 Å². The van der Waals surface area contributed by atoms with Gasteiger partial charge in [-0.3, -0.25) is 9.59 Å². The average molecular weight is 351 g/mol. The molecule has 0 unspecified atom stereocenters. The van der Waals surface area contributed by atoms with Crippen LogP contribution in [0.2, 0.25) is 0 Å². The Morgan fingerprint density at radius 2 is 2.00 bits per heavy atom. The van der Waals surface area contributed by atoms with Gasteiger partial charge >= 0.3 is 0 Å². The highest BCUT2D eigenvalue weighted by Crippen LogP contribution is 2.25. The summed E-state index contributed by atoms with van der Waals surface area (Å²) in [6.07, 6.45) is 0.119. The quantitative estimate of drug-likeness (QED) is 0.866. The molecule has 1 N–H and O–H groups in total. The molecular weight excluding hydrogens is 330 g/mol. The normalized spacial score (nSPS) is 9.92. The van der Waals surface area contributed by atoms with E-state index in [1.54, 1.807) is 37.4 Å². The first-order valence-corrected chi connectivity index (χ1v) is 8.17. The Hall–Kier alpha value is -3.33. The summed E-state index contributed by atoms with van der Waals surface area (Å²) in [5.41, 5.74) is 2.65. The van der Waals surface area contributed by atoms with Crippen molar-refractivity contribution in [2.24, 2.45) is 0 Å². The van der Waals surface area contributed by atoms with Gasteiger partial charge in [0.05, 0.1) is 24.4 Å². The standard InChI is InChI=1S/C20H21N3O3/c1-14-7-8-19(26-3)18(11-14)22-20(25)9-10-23(15(2)24)17-6-4-5-16(12-17)13-21/h4-8,11-12H,9-10H2,1-3H3,(H,22,25). The number of hydrogen-bond acceptors (Lipinski definition) is 4. The van der Waals surface area contributed by atoms with Crippen LogP contribution in [0.5, 0.6) is 5.75 Å². The van der Waals surface area contributed by atoms with Crippen LogP contribution in [-0.4, -0.2) is 25.5 Å². The van der Waals surface area contributed by atoms with Crippen molar-refractivity contribution in [2.75, 3.05) is 23.9 Å². The number of nitriles is 1. The number of nitrogens with zero attached hydrogens (tertiary/aromatic N) is 2. The lowest BCUT2D eigenvalue weighted by molar-refractivity contribution is -0.117. The molecule has 0 saturated heterocycles. The number of amides is 2. The van der Waals surface area contributed by atoms with Gasteiger partial charge in [0.2, 0.25) is 11.8 Å². The Morgan fingerprint density at radius 1 is 1.23 bits per heavy atom. The van der Waals surface area contributed by atoms with Crippen LogP contribution < -0.4 is 15.0 Å². The number of rotatable bonds is 6. The Kier molecular flexibility index (Phi) is 6.34. The highest BCUT2D eigenvalue weighted by atomic mass is 16.5. The third kappa shape index (κ3) is 4.84. The minimum atomic E-state index is -0.225. The molecule has 0 aliphatic carbocycles. The Balaban J connectivity index is 2.07. The molecule has 6 nitrogen and oxygen atoms in total. The number of carbonyl (C=O) groups is 2. The molecule has 2 rings (SSSR count). The molecule has 2 amide bonds. The van der Waals surface area contributed by atoms with Gasteiger partial charge in [-0.05, 0) is 42.8 Å². The highest BCUT2D eigenvalue weighted by Gasteiger charge is 2.15. The minimum absolute atomic E-state index is 0.119. The van der Waals surface area contributed by atoms with Crippen LogP contribution in [0.4, 0.5) is 11.4 Å². The lowest BCUT2D eigenvalue weighted by Crippen LogP contribution is -2.32. The van der Waals surface area contributed by atoms with Crippen LogP contribution in [0, 0.1) is 18.3 Å². The third-order valence-corrected chi connectivity index (χ3v) is 3.86. The largest absolute Gasteiger partial charge is 0.495 e. The number of nitrogens with one attached hydrogen (secondary N) is 1. The van der Waals surface area contributed by atoms with Crippen molar-refractivity contribution in [3.8, 4) is 11.8 Å². The van der Waals surface area contributed by atoms with Crippen molar-refractivity contribution < 1.29 is 14.3 Å². The molecule has 0 bridgehead atoms. The molecule has 0 fully saturated rings. The molecule has 6 heteroatoms. The smallest absolute Gasteiger partial charge is 0.226 e. The molecule has 134 valence electrons. The Labute approximate surface area is 153 Å². The van der Waals surface area contributed by atoms with Crippen LogP contribution in [0.3, 0.4) is 0 Å². The second-order valence-corrected chi connectivity index (χ2v) is 5.83. The summed E-state index contributed by atoms with van der Waals surface area (Å²) in [6.45, 7) is 3.57. The number of aryl methyl sites for hydroxylation is 1. The molecule has 2 aromatic rings. The molecule has 2 aromatic carbocycles. The van der Waals surface area contributed by atoms with E-state index < -0.39 is 0 Å².